The van der Waals surface area contributed by atoms with Crippen LogP contribution in [0.4, 0.5) is 0 Å². The molecule has 0 bridgehead atoms. The summed E-state index contributed by atoms with van der Waals surface area (Å²) in [6.07, 6.45) is -3.09. The number of carboxylic acids is 1. The normalized spacial score (nSPS) is 37.0. The molecule has 1 aliphatic heterocycles. The highest BCUT2D eigenvalue weighted by Gasteiger charge is 2.50. The number of carbonyl (C=O) groups is 1. The van der Waals surface area contributed by atoms with Gasteiger partial charge in [-0.2, -0.15) is 5.48 Å². The van der Waals surface area contributed by atoms with E-state index in [9.17, 15) is 20.1 Å². The fourth-order valence-corrected chi connectivity index (χ4v) is 2.25. The van der Waals surface area contributed by atoms with E-state index in [0.29, 0.717) is 25.8 Å². The third-order valence-corrected chi connectivity index (χ3v) is 3.75. The molecule has 0 spiro atoms. The third-order valence-electron chi connectivity index (χ3n) is 3.75. The van der Waals surface area contributed by atoms with Crippen molar-refractivity contribution in [1.29, 1.82) is 0 Å². The minimum atomic E-state index is -1.49. The van der Waals surface area contributed by atoms with Crippen LogP contribution in [0.25, 0.3) is 0 Å². The van der Waals surface area contributed by atoms with Crippen molar-refractivity contribution in [2.24, 2.45) is 5.73 Å². The minimum Gasteiger partial charge on any atom is -0.480 e. The average Bonchev–Trinajstić information content (AvgIpc) is 2.46. The van der Waals surface area contributed by atoms with Gasteiger partial charge in [0.25, 0.3) is 0 Å². The Labute approximate surface area is 129 Å². The summed E-state index contributed by atoms with van der Waals surface area (Å²) in [4.78, 5) is 15.8. The molecule has 0 aromatic carbocycles. The molecule has 1 fully saturated rings. The summed E-state index contributed by atoms with van der Waals surface area (Å²) in [7, 11) is 0. The molecule has 7 N–H and O–H groups in total. The van der Waals surface area contributed by atoms with Crippen LogP contribution in [0, 0.1) is 0 Å². The Morgan fingerprint density at radius 2 is 2.00 bits per heavy atom. The number of hydrogen-bond donors (Lipinski definition) is 6. The van der Waals surface area contributed by atoms with Crippen LogP contribution >= 0.6 is 0 Å². The van der Waals surface area contributed by atoms with Gasteiger partial charge in [0.15, 0.2) is 0 Å². The predicted molar refractivity (Wildman–Crippen MR) is 75.5 cm³/mol. The smallest absolute Gasteiger partial charge is 0.320 e. The van der Waals surface area contributed by atoms with Crippen molar-refractivity contribution in [2.45, 2.75) is 69.4 Å². The van der Waals surface area contributed by atoms with Crippen molar-refractivity contribution in [3.05, 3.63) is 0 Å². The van der Waals surface area contributed by atoms with E-state index < -0.39 is 42.2 Å². The van der Waals surface area contributed by atoms with Gasteiger partial charge in [0.2, 0.25) is 5.79 Å². The molecule has 0 aliphatic carbocycles. The fraction of sp³-hybridized carbons (Fsp3) is 0.923. The van der Waals surface area contributed by atoms with E-state index >= 15 is 0 Å². The number of unbranched alkanes of at least 4 members (excludes halogenated alkanes) is 1. The summed E-state index contributed by atoms with van der Waals surface area (Å²) in [5.41, 5.74) is 7.99. The SMILES string of the molecule is C[C@H]1O[C@@](C)(ONCCCC[C@H](N)C(=O)O)[C@H](O)[C@@H](O)[C@@H]1O. The summed E-state index contributed by atoms with van der Waals surface area (Å²) in [5, 5.41) is 37.9. The maximum atomic E-state index is 10.5. The summed E-state index contributed by atoms with van der Waals surface area (Å²) < 4.78 is 5.40. The second-order valence-electron chi connectivity index (χ2n) is 5.70. The first kappa shape index (κ1) is 19.2. The molecule has 9 heteroatoms. The van der Waals surface area contributed by atoms with Gasteiger partial charge < -0.3 is 30.9 Å². The highest BCUT2D eigenvalue weighted by Crippen LogP contribution is 2.30. The second kappa shape index (κ2) is 8.16. The number of rotatable bonds is 8. The summed E-state index contributed by atoms with van der Waals surface area (Å²) in [5.74, 6) is -2.52. The van der Waals surface area contributed by atoms with Gasteiger partial charge in [0.1, 0.15) is 24.4 Å². The van der Waals surface area contributed by atoms with Gasteiger partial charge in [0.05, 0.1) is 6.10 Å². The van der Waals surface area contributed by atoms with E-state index in [0.717, 1.165) is 0 Å². The zero-order valence-electron chi connectivity index (χ0n) is 12.8. The third kappa shape index (κ3) is 4.85. The molecule has 0 radical (unpaired) electrons. The molecule has 0 saturated carbocycles. The first-order chi connectivity index (χ1) is 10.2. The second-order valence-corrected chi connectivity index (χ2v) is 5.70. The van der Waals surface area contributed by atoms with Crippen molar-refractivity contribution < 1.29 is 34.8 Å². The van der Waals surface area contributed by atoms with Gasteiger partial charge in [-0.3, -0.25) is 9.63 Å². The Balaban J connectivity index is 2.30. The number of aliphatic hydroxyl groups is 3. The zero-order chi connectivity index (χ0) is 16.9. The van der Waals surface area contributed by atoms with Crippen LogP contribution in [0.1, 0.15) is 33.1 Å². The van der Waals surface area contributed by atoms with Crippen LogP contribution in [0.15, 0.2) is 0 Å². The van der Waals surface area contributed by atoms with E-state index in [2.05, 4.69) is 5.48 Å². The zero-order valence-corrected chi connectivity index (χ0v) is 12.8. The van der Waals surface area contributed by atoms with Crippen molar-refractivity contribution in [3.63, 3.8) is 0 Å². The lowest BCUT2D eigenvalue weighted by molar-refractivity contribution is -0.366. The van der Waals surface area contributed by atoms with Crippen molar-refractivity contribution in [3.8, 4) is 0 Å². The largest absolute Gasteiger partial charge is 0.480 e. The first-order valence-corrected chi connectivity index (χ1v) is 7.30. The van der Waals surface area contributed by atoms with Crippen molar-refractivity contribution >= 4 is 5.97 Å². The lowest BCUT2D eigenvalue weighted by Crippen LogP contribution is -2.64. The molecular weight excluding hydrogens is 296 g/mol. The molecular formula is C13H26N2O7. The molecule has 6 atom stereocenters. The number of aliphatic hydroxyl groups excluding tert-OH is 3. The maximum absolute atomic E-state index is 10.5. The van der Waals surface area contributed by atoms with Crippen LogP contribution in [0.3, 0.4) is 0 Å². The van der Waals surface area contributed by atoms with Gasteiger partial charge in [-0.25, -0.2) is 0 Å². The first-order valence-electron chi connectivity index (χ1n) is 7.30. The monoisotopic (exact) mass is 322 g/mol. The molecule has 22 heavy (non-hydrogen) atoms. The Morgan fingerprint density at radius 1 is 1.36 bits per heavy atom. The van der Waals surface area contributed by atoms with Crippen LogP contribution in [0.5, 0.6) is 0 Å². The van der Waals surface area contributed by atoms with Gasteiger partial charge in [0, 0.05) is 6.54 Å². The number of hydroxylamine groups is 1. The van der Waals surface area contributed by atoms with E-state index in [1.165, 1.54) is 6.92 Å². The molecule has 130 valence electrons. The molecule has 0 unspecified atom stereocenters. The lowest BCUT2D eigenvalue weighted by Gasteiger charge is -2.45. The Kier molecular flexibility index (Phi) is 7.13. The minimum absolute atomic E-state index is 0.356. The van der Waals surface area contributed by atoms with Crippen LogP contribution in [0.2, 0.25) is 0 Å². The summed E-state index contributed by atoms with van der Waals surface area (Å²) in [6.45, 7) is 3.41. The van der Waals surface area contributed by atoms with Crippen LogP contribution < -0.4 is 11.2 Å². The van der Waals surface area contributed by atoms with Gasteiger partial charge in [-0.05, 0) is 33.1 Å². The quantitative estimate of drug-likeness (QED) is 0.227. The Bertz CT molecular complexity index is 370. The molecule has 1 aliphatic rings. The van der Waals surface area contributed by atoms with Crippen LogP contribution in [-0.2, 0) is 14.4 Å². The van der Waals surface area contributed by atoms with Crippen molar-refractivity contribution in [1.82, 2.24) is 5.48 Å². The van der Waals surface area contributed by atoms with E-state index in [1.54, 1.807) is 6.92 Å². The highest BCUT2D eigenvalue weighted by atomic mass is 16.8. The van der Waals surface area contributed by atoms with Gasteiger partial charge in [-0.15, -0.1) is 0 Å². The molecule has 0 aromatic rings. The fourth-order valence-electron chi connectivity index (χ4n) is 2.25. The van der Waals surface area contributed by atoms with Gasteiger partial charge >= 0.3 is 5.97 Å². The number of aliphatic carboxylic acids is 1. The topological polar surface area (TPSA) is 154 Å². The summed E-state index contributed by atoms with van der Waals surface area (Å²) >= 11 is 0. The van der Waals surface area contributed by atoms with E-state index in [4.69, 9.17) is 20.4 Å². The van der Waals surface area contributed by atoms with Crippen LogP contribution in [-0.4, -0.2) is 69.2 Å². The molecule has 1 heterocycles. The number of ether oxygens (including phenoxy) is 1. The number of nitrogens with one attached hydrogen (secondary N) is 1. The average molecular weight is 322 g/mol. The molecule has 1 rings (SSSR count). The standard InChI is InChI=1S/C13H26N2O7/c1-7-9(16)10(17)11(18)13(2,21-7)22-15-6-4-3-5-8(14)12(19)20/h7-11,15-18H,3-6,14H2,1-2H3,(H,19,20)/t7-,8+,9-,10+,11-,13+/m1/s1. The maximum Gasteiger partial charge on any atom is 0.320 e. The predicted octanol–water partition coefficient (Wildman–Crippen LogP) is -1.69. The number of hydrogen-bond acceptors (Lipinski definition) is 8. The lowest BCUT2D eigenvalue weighted by atomic mass is 9.94. The molecule has 1 saturated heterocycles. The molecule has 9 nitrogen and oxygen atoms in total. The van der Waals surface area contributed by atoms with E-state index in [1.807, 2.05) is 0 Å². The Morgan fingerprint density at radius 3 is 2.59 bits per heavy atom. The highest BCUT2D eigenvalue weighted by molar-refractivity contribution is 5.72. The summed E-state index contributed by atoms with van der Waals surface area (Å²) in [6, 6.07) is -0.876. The van der Waals surface area contributed by atoms with Crippen molar-refractivity contribution in [2.75, 3.05) is 6.54 Å². The molecule has 0 aromatic heterocycles. The van der Waals surface area contributed by atoms with Gasteiger partial charge in [-0.1, -0.05) is 0 Å². The molecule has 0 amide bonds. The Hall–Kier alpha value is -0.810. The van der Waals surface area contributed by atoms with E-state index in [-0.39, 0.29) is 0 Å². The number of nitrogens with two attached hydrogens (primary N) is 1. The number of carboxylic acid groups (broad SMARTS) is 1.